The van der Waals surface area contributed by atoms with E-state index in [0.717, 1.165) is 71.1 Å². The summed E-state index contributed by atoms with van der Waals surface area (Å²) in [7, 11) is 1.81. The zero-order chi connectivity index (χ0) is 21.0. The van der Waals surface area contributed by atoms with Gasteiger partial charge in [0.2, 0.25) is 0 Å². The fourth-order valence-corrected chi connectivity index (χ4v) is 3.44. The Morgan fingerprint density at radius 2 is 1.73 bits per heavy atom. The van der Waals surface area contributed by atoms with Crippen LogP contribution in [0.5, 0.6) is 0 Å². The molecule has 7 heteroatoms. The Bertz CT molecular complexity index is 583. The zero-order valence-corrected chi connectivity index (χ0v) is 21.6. The standard InChI is InChI=1S/C23H41N5O.HI/c1-23(2,3)27-15-14-26-22(24-4)25-13-8-18-29-21-11-16-28(17-12-21)19-20-9-6-5-7-10-20;/h5-7,9-10,21,27H,8,11-19H2,1-4H3,(H2,24,25,26);1H. The molecule has 1 fully saturated rings. The highest BCUT2D eigenvalue weighted by Gasteiger charge is 2.19. The molecule has 0 saturated carbocycles. The first kappa shape index (κ1) is 27.1. The van der Waals surface area contributed by atoms with Gasteiger partial charge >= 0.3 is 0 Å². The third kappa shape index (κ3) is 12.1. The maximum Gasteiger partial charge on any atom is 0.191 e. The number of halogens is 1. The van der Waals surface area contributed by atoms with E-state index in [1.807, 2.05) is 7.05 Å². The van der Waals surface area contributed by atoms with Crippen LogP contribution in [0, 0.1) is 0 Å². The van der Waals surface area contributed by atoms with Crippen LogP contribution < -0.4 is 16.0 Å². The maximum absolute atomic E-state index is 6.10. The third-order valence-corrected chi connectivity index (χ3v) is 5.05. The van der Waals surface area contributed by atoms with Crippen molar-refractivity contribution in [2.24, 2.45) is 4.99 Å². The molecule has 1 aromatic rings. The van der Waals surface area contributed by atoms with Crippen LogP contribution in [-0.2, 0) is 11.3 Å². The van der Waals surface area contributed by atoms with Crippen molar-refractivity contribution in [3.63, 3.8) is 0 Å². The fraction of sp³-hybridized carbons (Fsp3) is 0.696. The quantitative estimate of drug-likeness (QED) is 0.187. The highest BCUT2D eigenvalue weighted by Crippen LogP contribution is 2.16. The number of piperidine rings is 1. The van der Waals surface area contributed by atoms with Crippen molar-refractivity contribution < 1.29 is 4.74 Å². The SMILES string of the molecule is CN=C(NCCCOC1CCN(Cc2ccccc2)CC1)NCCNC(C)(C)C.I. The fourth-order valence-electron chi connectivity index (χ4n) is 3.44. The van der Waals surface area contributed by atoms with Crippen molar-refractivity contribution in [1.82, 2.24) is 20.9 Å². The van der Waals surface area contributed by atoms with Crippen LogP contribution in [-0.4, -0.2) is 68.9 Å². The first-order valence-corrected chi connectivity index (χ1v) is 11.0. The van der Waals surface area contributed by atoms with Gasteiger partial charge < -0.3 is 20.7 Å². The minimum atomic E-state index is 0. The minimum Gasteiger partial charge on any atom is -0.378 e. The number of ether oxygens (including phenoxy) is 1. The van der Waals surface area contributed by atoms with E-state index in [4.69, 9.17) is 4.74 Å². The molecule has 0 unspecified atom stereocenters. The van der Waals surface area contributed by atoms with Gasteiger partial charge in [-0.2, -0.15) is 0 Å². The highest BCUT2D eigenvalue weighted by atomic mass is 127. The molecule has 0 spiro atoms. The van der Waals surface area contributed by atoms with Gasteiger partial charge in [-0.1, -0.05) is 30.3 Å². The second-order valence-corrected chi connectivity index (χ2v) is 8.79. The number of nitrogens with zero attached hydrogens (tertiary/aromatic N) is 2. The second-order valence-electron chi connectivity index (χ2n) is 8.79. The number of rotatable bonds is 10. The second kappa shape index (κ2) is 15.0. The van der Waals surface area contributed by atoms with Gasteiger partial charge in [-0.15, -0.1) is 24.0 Å². The average Bonchev–Trinajstić information content (AvgIpc) is 2.70. The summed E-state index contributed by atoms with van der Waals surface area (Å²) < 4.78 is 6.10. The molecular formula is C23H42IN5O. The number of aliphatic imine (C=N–C) groups is 1. The minimum absolute atomic E-state index is 0. The molecule has 0 radical (unpaired) electrons. The molecule has 6 nitrogen and oxygen atoms in total. The first-order chi connectivity index (χ1) is 14.0. The lowest BCUT2D eigenvalue weighted by Crippen LogP contribution is -2.44. The Morgan fingerprint density at radius 3 is 2.37 bits per heavy atom. The molecule has 0 aromatic heterocycles. The van der Waals surface area contributed by atoms with Gasteiger partial charge in [-0.25, -0.2) is 0 Å². The van der Waals surface area contributed by atoms with Crippen LogP contribution in [0.4, 0.5) is 0 Å². The lowest BCUT2D eigenvalue weighted by atomic mass is 10.1. The van der Waals surface area contributed by atoms with Crippen LogP contribution in [0.15, 0.2) is 35.3 Å². The van der Waals surface area contributed by atoms with E-state index in [2.05, 4.69) is 76.9 Å². The molecule has 172 valence electrons. The Labute approximate surface area is 200 Å². The smallest absolute Gasteiger partial charge is 0.191 e. The van der Waals surface area contributed by atoms with Crippen LogP contribution in [0.25, 0.3) is 0 Å². The van der Waals surface area contributed by atoms with E-state index >= 15 is 0 Å². The van der Waals surface area contributed by atoms with Crippen molar-refractivity contribution >= 4 is 29.9 Å². The number of benzene rings is 1. The Morgan fingerprint density at radius 1 is 1.07 bits per heavy atom. The van der Waals surface area contributed by atoms with Crippen molar-refractivity contribution in [3.8, 4) is 0 Å². The lowest BCUT2D eigenvalue weighted by Gasteiger charge is -2.32. The molecule has 0 atom stereocenters. The maximum atomic E-state index is 6.10. The summed E-state index contributed by atoms with van der Waals surface area (Å²) in [5.41, 5.74) is 1.54. The van der Waals surface area contributed by atoms with Crippen molar-refractivity contribution in [1.29, 1.82) is 0 Å². The topological polar surface area (TPSA) is 60.9 Å². The van der Waals surface area contributed by atoms with E-state index in [1.54, 1.807) is 0 Å². The van der Waals surface area contributed by atoms with Gasteiger partial charge in [0.1, 0.15) is 0 Å². The molecule has 1 aromatic carbocycles. The molecule has 0 aliphatic carbocycles. The van der Waals surface area contributed by atoms with Gasteiger partial charge in [-0.05, 0) is 45.6 Å². The molecule has 2 rings (SSSR count). The monoisotopic (exact) mass is 531 g/mol. The average molecular weight is 532 g/mol. The Balaban J connectivity index is 0.00000450. The molecule has 1 saturated heterocycles. The number of guanidine groups is 1. The molecule has 3 N–H and O–H groups in total. The summed E-state index contributed by atoms with van der Waals surface area (Å²) >= 11 is 0. The number of likely N-dealkylation sites (tertiary alicyclic amines) is 1. The molecule has 1 aliphatic heterocycles. The zero-order valence-electron chi connectivity index (χ0n) is 19.2. The molecule has 0 amide bonds. The number of hydrogen-bond acceptors (Lipinski definition) is 4. The van der Waals surface area contributed by atoms with Crippen LogP contribution >= 0.6 is 24.0 Å². The van der Waals surface area contributed by atoms with Crippen molar-refractivity contribution in [2.45, 2.75) is 58.2 Å². The van der Waals surface area contributed by atoms with Gasteiger partial charge in [0, 0.05) is 58.5 Å². The van der Waals surface area contributed by atoms with E-state index in [0.29, 0.717) is 6.10 Å². The molecule has 30 heavy (non-hydrogen) atoms. The van der Waals surface area contributed by atoms with E-state index in [9.17, 15) is 0 Å². The lowest BCUT2D eigenvalue weighted by molar-refractivity contribution is 0.00534. The van der Waals surface area contributed by atoms with Crippen molar-refractivity contribution in [2.75, 3.05) is 46.4 Å². The summed E-state index contributed by atoms with van der Waals surface area (Å²) in [6.45, 7) is 13.3. The summed E-state index contributed by atoms with van der Waals surface area (Å²) in [6, 6.07) is 10.7. The van der Waals surface area contributed by atoms with E-state index in [-0.39, 0.29) is 29.5 Å². The number of nitrogens with one attached hydrogen (secondary N) is 3. The normalized spacial score (nSPS) is 16.2. The molecule has 1 aliphatic rings. The van der Waals surface area contributed by atoms with Crippen molar-refractivity contribution in [3.05, 3.63) is 35.9 Å². The van der Waals surface area contributed by atoms with Gasteiger partial charge in [0.25, 0.3) is 0 Å². The van der Waals surface area contributed by atoms with E-state index < -0.39 is 0 Å². The molecule has 0 bridgehead atoms. The summed E-state index contributed by atoms with van der Waals surface area (Å²) in [4.78, 5) is 6.80. The summed E-state index contributed by atoms with van der Waals surface area (Å²) in [6.07, 6.45) is 3.66. The molecular weight excluding hydrogens is 489 g/mol. The van der Waals surface area contributed by atoms with Crippen LogP contribution in [0.2, 0.25) is 0 Å². The third-order valence-electron chi connectivity index (χ3n) is 5.05. The highest BCUT2D eigenvalue weighted by molar-refractivity contribution is 14.0. The number of hydrogen-bond donors (Lipinski definition) is 3. The predicted molar refractivity (Wildman–Crippen MR) is 138 cm³/mol. The van der Waals surface area contributed by atoms with E-state index in [1.165, 1.54) is 5.56 Å². The predicted octanol–water partition coefficient (Wildman–Crippen LogP) is 3.23. The van der Waals surface area contributed by atoms with Gasteiger partial charge in [-0.3, -0.25) is 9.89 Å². The Kier molecular flexibility index (Phi) is 13.6. The van der Waals surface area contributed by atoms with Gasteiger partial charge in [0.05, 0.1) is 6.10 Å². The first-order valence-electron chi connectivity index (χ1n) is 11.0. The summed E-state index contributed by atoms with van der Waals surface area (Å²) in [5.74, 6) is 0.856. The van der Waals surface area contributed by atoms with Gasteiger partial charge in [0.15, 0.2) is 5.96 Å². The van der Waals surface area contributed by atoms with Crippen LogP contribution in [0.3, 0.4) is 0 Å². The Hall–Kier alpha value is -0.900. The molecule has 1 heterocycles. The van der Waals surface area contributed by atoms with Crippen LogP contribution in [0.1, 0.15) is 45.6 Å². The largest absolute Gasteiger partial charge is 0.378 e. The summed E-state index contributed by atoms with van der Waals surface area (Å²) in [5, 5.41) is 10.2.